The molecule has 0 bridgehead atoms. The summed E-state index contributed by atoms with van der Waals surface area (Å²) in [6.45, 7) is 4.16. The average Bonchev–Trinajstić information content (AvgIpc) is 2.44. The Bertz CT molecular complexity index is 483. The molecule has 1 aliphatic carbocycles. The first-order valence-electron chi connectivity index (χ1n) is 5.01. The fraction of sp³-hybridized carbons (Fsp3) is 0.143. The molecule has 0 aromatic carbocycles. The Balaban J connectivity index is 2.46. The van der Waals surface area contributed by atoms with Gasteiger partial charge < -0.3 is 0 Å². The first-order chi connectivity index (χ1) is 7.27. The molecule has 1 aromatic heterocycles. The molecule has 1 heterocycles. The van der Waals surface area contributed by atoms with Gasteiger partial charge in [0.25, 0.3) is 0 Å². The Morgan fingerprint density at radius 1 is 1.13 bits per heavy atom. The molecule has 1 aliphatic rings. The monoisotopic (exact) mass is 195 g/mol. The van der Waals surface area contributed by atoms with Gasteiger partial charge in [0.15, 0.2) is 0 Å². The quantitative estimate of drug-likeness (QED) is 0.625. The van der Waals surface area contributed by atoms with Gasteiger partial charge in [-0.05, 0) is 43.2 Å². The number of nitrogens with zero attached hydrogens (tertiary/aromatic N) is 1. The van der Waals surface area contributed by atoms with E-state index in [2.05, 4.69) is 36.7 Å². The smallest absolute Gasteiger partial charge is 0.0708 e. The minimum absolute atomic E-state index is 0.990. The number of rotatable bonds is 1. The van der Waals surface area contributed by atoms with Crippen molar-refractivity contribution >= 4 is 5.57 Å². The molecule has 0 amide bonds. The lowest BCUT2D eigenvalue weighted by Crippen LogP contribution is -1.83. The molecule has 1 heteroatoms. The summed E-state index contributed by atoms with van der Waals surface area (Å²) < 4.78 is 0. The number of hydrogen-bond donors (Lipinski definition) is 0. The molecule has 0 atom stereocenters. The fourth-order valence-corrected chi connectivity index (χ4v) is 1.38. The summed E-state index contributed by atoms with van der Waals surface area (Å²) in [7, 11) is 0. The Hall–Kier alpha value is -1.85. The third kappa shape index (κ3) is 2.15. The molecule has 0 unspecified atom stereocenters. The van der Waals surface area contributed by atoms with Crippen LogP contribution in [0, 0.1) is 0 Å². The van der Waals surface area contributed by atoms with Crippen molar-refractivity contribution in [2.45, 2.75) is 13.8 Å². The molecule has 0 spiro atoms. The second-order valence-corrected chi connectivity index (χ2v) is 3.60. The summed E-state index contributed by atoms with van der Waals surface area (Å²) in [5.74, 6) is 0. The van der Waals surface area contributed by atoms with Crippen molar-refractivity contribution in [1.82, 2.24) is 4.98 Å². The summed E-state index contributed by atoms with van der Waals surface area (Å²) in [6, 6.07) is 5.93. The van der Waals surface area contributed by atoms with Crippen molar-refractivity contribution in [2.24, 2.45) is 0 Å². The SMILES string of the molecule is CC1=C=CC(c2ccccn2)=CC=C1C. The lowest BCUT2D eigenvalue weighted by molar-refractivity contribution is 1.28. The van der Waals surface area contributed by atoms with E-state index >= 15 is 0 Å². The molecule has 74 valence electrons. The van der Waals surface area contributed by atoms with Crippen molar-refractivity contribution in [2.75, 3.05) is 0 Å². The van der Waals surface area contributed by atoms with Gasteiger partial charge in [0, 0.05) is 11.8 Å². The lowest BCUT2D eigenvalue weighted by atomic mass is 10.1. The van der Waals surface area contributed by atoms with Gasteiger partial charge in [-0.1, -0.05) is 18.2 Å². The van der Waals surface area contributed by atoms with Gasteiger partial charge in [-0.2, -0.15) is 0 Å². The third-order valence-electron chi connectivity index (χ3n) is 2.51. The van der Waals surface area contributed by atoms with E-state index in [0.29, 0.717) is 0 Å². The van der Waals surface area contributed by atoms with Gasteiger partial charge in [-0.3, -0.25) is 4.98 Å². The van der Waals surface area contributed by atoms with Crippen molar-refractivity contribution in [3.63, 3.8) is 0 Å². The van der Waals surface area contributed by atoms with Gasteiger partial charge in [0.1, 0.15) is 0 Å². The van der Waals surface area contributed by atoms with Gasteiger partial charge in [0.05, 0.1) is 5.69 Å². The molecular weight excluding hydrogens is 182 g/mol. The van der Waals surface area contributed by atoms with E-state index in [1.165, 1.54) is 11.1 Å². The normalized spacial score (nSPS) is 15.2. The Kier molecular flexibility index (Phi) is 2.66. The number of hydrogen-bond acceptors (Lipinski definition) is 1. The van der Waals surface area contributed by atoms with Gasteiger partial charge in [-0.15, -0.1) is 5.73 Å². The van der Waals surface area contributed by atoms with Crippen molar-refractivity contribution in [1.29, 1.82) is 0 Å². The molecule has 0 saturated heterocycles. The number of allylic oxidation sites excluding steroid dienone is 5. The van der Waals surface area contributed by atoms with Crippen molar-refractivity contribution in [3.8, 4) is 0 Å². The van der Waals surface area contributed by atoms with Crippen LogP contribution in [0.4, 0.5) is 0 Å². The first kappa shape index (κ1) is 9.70. The van der Waals surface area contributed by atoms with Gasteiger partial charge in [0.2, 0.25) is 0 Å². The molecular formula is C14H13N. The molecule has 0 saturated carbocycles. The van der Waals surface area contributed by atoms with Crippen molar-refractivity contribution < 1.29 is 0 Å². The van der Waals surface area contributed by atoms with E-state index in [9.17, 15) is 0 Å². The van der Waals surface area contributed by atoms with E-state index in [-0.39, 0.29) is 0 Å². The van der Waals surface area contributed by atoms with Crippen LogP contribution in [-0.2, 0) is 0 Å². The molecule has 1 nitrogen and oxygen atoms in total. The van der Waals surface area contributed by atoms with E-state index in [1.54, 1.807) is 0 Å². The lowest BCUT2D eigenvalue weighted by Gasteiger charge is -1.97. The minimum atomic E-state index is 0.990. The van der Waals surface area contributed by atoms with E-state index in [1.807, 2.05) is 30.5 Å². The van der Waals surface area contributed by atoms with Crippen LogP contribution >= 0.6 is 0 Å². The highest BCUT2D eigenvalue weighted by Gasteiger charge is 2.00. The summed E-state index contributed by atoms with van der Waals surface area (Å²) in [5.41, 5.74) is 7.78. The number of pyridine rings is 1. The summed E-state index contributed by atoms with van der Waals surface area (Å²) >= 11 is 0. The van der Waals surface area contributed by atoms with Crippen LogP contribution in [-0.4, -0.2) is 4.98 Å². The molecule has 0 radical (unpaired) electrons. The van der Waals surface area contributed by atoms with Crippen LogP contribution in [0.5, 0.6) is 0 Å². The standard InChI is InChI=1S/C14H13N/c1-11-6-8-13(9-7-12(11)2)14-5-3-4-10-15-14/h3-6,8-10H,1-2H3. The summed E-state index contributed by atoms with van der Waals surface area (Å²) in [6.07, 6.45) is 7.99. The summed E-state index contributed by atoms with van der Waals surface area (Å²) in [5, 5.41) is 0. The second kappa shape index (κ2) is 4.12. The zero-order chi connectivity index (χ0) is 10.7. The molecule has 15 heavy (non-hydrogen) atoms. The van der Waals surface area contributed by atoms with Crippen LogP contribution in [0.2, 0.25) is 0 Å². The van der Waals surface area contributed by atoms with Crippen LogP contribution in [0.3, 0.4) is 0 Å². The largest absolute Gasteiger partial charge is 0.256 e. The Labute approximate surface area is 90.2 Å². The van der Waals surface area contributed by atoms with Crippen LogP contribution < -0.4 is 0 Å². The third-order valence-corrected chi connectivity index (χ3v) is 2.51. The van der Waals surface area contributed by atoms with E-state index in [4.69, 9.17) is 0 Å². The Morgan fingerprint density at radius 2 is 2.00 bits per heavy atom. The molecule has 0 fully saturated rings. The molecule has 0 N–H and O–H groups in total. The minimum Gasteiger partial charge on any atom is -0.256 e. The van der Waals surface area contributed by atoms with Gasteiger partial charge in [-0.25, -0.2) is 0 Å². The maximum atomic E-state index is 4.32. The van der Waals surface area contributed by atoms with Crippen LogP contribution in [0.25, 0.3) is 5.57 Å². The molecule has 0 aliphatic heterocycles. The fourth-order valence-electron chi connectivity index (χ4n) is 1.38. The van der Waals surface area contributed by atoms with Crippen LogP contribution in [0.15, 0.2) is 59.5 Å². The van der Waals surface area contributed by atoms with Gasteiger partial charge >= 0.3 is 0 Å². The van der Waals surface area contributed by atoms with Crippen LogP contribution in [0.1, 0.15) is 19.5 Å². The maximum absolute atomic E-state index is 4.32. The zero-order valence-electron chi connectivity index (χ0n) is 8.99. The maximum Gasteiger partial charge on any atom is 0.0708 e. The van der Waals surface area contributed by atoms with Crippen molar-refractivity contribution in [3.05, 3.63) is 65.2 Å². The molecule has 2 rings (SSSR count). The predicted molar refractivity (Wildman–Crippen MR) is 63.2 cm³/mol. The zero-order valence-corrected chi connectivity index (χ0v) is 8.99. The highest BCUT2D eigenvalue weighted by Crippen LogP contribution is 2.18. The van der Waals surface area contributed by atoms with E-state index < -0.39 is 0 Å². The first-order valence-corrected chi connectivity index (χ1v) is 5.01. The second-order valence-electron chi connectivity index (χ2n) is 3.60. The Morgan fingerprint density at radius 3 is 2.73 bits per heavy atom. The molecule has 1 aromatic rings. The number of aromatic nitrogens is 1. The topological polar surface area (TPSA) is 12.9 Å². The predicted octanol–water partition coefficient (Wildman–Crippen LogP) is 3.53. The highest BCUT2D eigenvalue weighted by molar-refractivity contribution is 5.74. The highest BCUT2D eigenvalue weighted by atomic mass is 14.7. The average molecular weight is 195 g/mol. The van der Waals surface area contributed by atoms with E-state index in [0.717, 1.165) is 11.3 Å². The summed E-state index contributed by atoms with van der Waals surface area (Å²) in [4.78, 5) is 4.32.